The topological polar surface area (TPSA) is 75.4 Å². The molecule has 3 N–H and O–H groups in total. The van der Waals surface area contributed by atoms with Crippen LogP contribution < -0.4 is 20.1 Å². The number of benzene rings is 3. The molecule has 6 nitrogen and oxygen atoms in total. The lowest BCUT2D eigenvalue weighted by molar-refractivity contribution is 0.252. The number of anilines is 1. The monoisotopic (exact) mass is 443 g/mol. The van der Waals surface area contributed by atoms with E-state index in [2.05, 4.69) is 21.7 Å². The molecule has 0 fully saturated rings. The van der Waals surface area contributed by atoms with Crippen LogP contribution in [0.4, 0.5) is 10.5 Å². The van der Waals surface area contributed by atoms with Crippen LogP contribution in [-0.4, -0.2) is 31.8 Å². The van der Waals surface area contributed by atoms with Crippen LogP contribution in [-0.2, 0) is 0 Å². The molecule has 0 radical (unpaired) electrons. The van der Waals surface area contributed by atoms with Crippen molar-refractivity contribution in [2.24, 2.45) is 0 Å². The Balaban J connectivity index is 1.62. The van der Waals surface area contributed by atoms with Gasteiger partial charge in [-0.3, -0.25) is 0 Å². The van der Waals surface area contributed by atoms with E-state index in [9.17, 15) is 4.79 Å². The molecular weight excluding hydrogens is 414 g/mol. The molecule has 1 aromatic heterocycles. The number of aromatic nitrogens is 1. The number of hydrogen-bond donors (Lipinski definition) is 3. The zero-order chi connectivity index (χ0) is 23.4. The maximum absolute atomic E-state index is 12.8. The second-order valence-corrected chi connectivity index (χ2v) is 8.11. The Kier molecular flexibility index (Phi) is 6.54. The average molecular weight is 444 g/mol. The summed E-state index contributed by atoms with van der Waals surface area (Å²) in [5.41, 5.74) is 6.16. The van der Waals surface area contributed by atoms with Crippen LogP contribution >= 0.6 is 0 Å². The van der Waals surface area contributed by atoms with Gasteiger partial charge in [-0.1, -0.05) is 42.0 Å². The fourth-order valence-corrected chi connectivity index (χ4v) is 4.17. The minimum Gasteiger partial charge on any atom is -0.493 e. The van der Waals surface area contributed by atoms with Crippen molar-refractivity contribution < 1.29 is 14.3 Å². The highest BCUT2D eigenvalue weighted by Crippen LogP contribution is 2.35. The van der Waals surface area contributed by atoms with Gasteiger partial charge in [0.1, 0.15) is 0 Å². The van der Waals surface area contributed by atoms with Gasteiger partial charge >= 0.3 is 6.03 Å². The van der Waals surface area contributed by atoms with E-state index in [1.54, 1.807) is 14.2 Å². The first-order valence-corrected chi connectivity index (χ1v) is 10.9. The van der Waals surface area contributed by atoms with Crippen LogP contribution in [0, 0.1) is 13.8 Å². The maximum Gasteiger partial charge on any atom is 0.319 e. The SMILES string of the molecule is COc1ccc([C@@H](CNC(=O)Nc2ccc(C)cc2C)c2c[nH]c3ccccc23)cc1OC. The lowest BCUT2D eigenvalue weighted by Gasteiger charge is -2.20. The lowest BCUT2D eigenvalue weighted by atomic mass is 9.90. The highest BCUT2D eigenvalue weighted by Gasteiger charge is 2.21. The fraction of sp³-hybridized carbons (Fsp3) is 0.222. The number of carbonyl (C=O) groups is 1. The van der Waals surface area contributed by atoms with Gasteiger partial charge in [-0.2, -0.15) is 0 Å². The molecule has 0 bridgehead atoms. The number of para-hydroxylation sites is 1. The number of rotatable bonds is 7. The Morgan fingerprint density at radius 3 is 2.52 bits per heavy atom. The number of carbonyl (C=O) groups excluding carboxylic acids is 1. The summed E-state index contributed by atoms with van der Waals surface area (Å²) in [6.07, 6.45) is 2.01. The predicted molar refractivity (Wildman–Crippen MR) is 133 cm³/mol. The summed E-state index contributed by atoms with van der Waals surface area (Å²) in [4.78, 5) is 16.1. The fourth-order valence-electron chi connectivity index (χ4n) is 4.17. The Hall–Kier alpha value is -3.93. The molecule has 6 heteroatoms. The summed E-state index contributed by atoms with van der Waals surface area (Å²) >= 11 is 0. The van der Waals surface area contributed by atoms with Gasteiger partial charge in [-0.15, -0.1) is 0 Å². The molecule has 0 spiro atoms. The van der Waals surface area contributed by atoms with E-state index in [0.29, 0.717) is 18.0 Å². The number of aromatic amines is 1. The van der Waals surface area contributed by atoms with E-state index in [1.165, 1.54) is 0 Å². The number of methoxy groups -OCH3 is 2. The van der Waals surface area contributed by atoms with Gasteiger partial charge in [0.25, 0.3) is 0 Å². The molecule has 0 saturated carbocycles. The first-order chi connectivity index (χ1) is 16.0. The summed E-state index contributed by atoms with van der Waals surface area (Å²) in [5.74, 6) is 1.23. The van der Waals surface area contributed by atoms with Crippen LogP contribution in [0.2, 0.25) is 0 Å². The van der Waals surface area contributed by atoms with Crippen molar-refractivity contribution >= 4 is 22.6 Å². The normalized spacial score (nSPS) is 11.8. The third-order valence-corrected chi connectivity index (χ3v) is 5.90. The number of urea groups is 1. The number of amides is 2. The molecule has 170 valence electrons. The highest BCUT2D eigenvalue weighted by atomic mass is 16.5. The molecule has 33 heavy (non-hydrogen) atoms. The van der Waals surface area contributed by atoms with E-state index in [-0.39, 0.29) is 11.9 Å². The van der Waals surface area contributed by atoms with Crippen LogP contribution in [0.3, 0.4) is 0 Å². The van der Waals surface area contributed by atoms with Crippen molar-refractivity contribution in [3.05, 3.63) is 89.1 Å². The van der Waals surface area contributed by atoms with E-state index >= 15 is 0 Å². The largest absolute Gasteiger partial charge is 0.493 e. The number of aryl methyl sites for hydroxylation is 2. The number of ether oxygens (including phenoxy) is 2. The number of fused-ring (bicyclic) bond motifs is 1. The van der Waals surface area contributed by atoms with Crippen molar-refractivity contribution in [2.75, 3.05) is 26.1 Å². The van der Waals surface area contributed by atoms with Gasteiger partial charge in [0, 0.05) is 35.2 Å². The minimum atomic E-state index is -0.243. The molecule has 1 heterocycles. The second-order valence-electron chi connectivity index (χ2n) is 8.11. The van der Waals surface area contributed by atoms with Gasteiger partial charge in [0.2, 0.25) is 0 Å². The Morgan fingerprint density at radius 2 is 1.76 bits per heavy atom. The van der Waals surface area contributed by atoms with Crippen molar-refractivity contribution in [2.45, 2.75) is 19.8 Å². The van der Waals surface area contributed by atoms with E-state index < -0.39 is 0 Å². The summed E-state index contributed by atoms with van der Waals surface area (Å²) in [6.45, 7) is 4.43. The van der Waals surface area contributed by atoms with Crippen molar-refractivity contribution in [3.8, 4) is 11.5 Å². The Bertz CT molecular complexity index is 1280. The molecular formula is C27H29N3O3. The first-order valence-electron chi connectivity index (χ1n) is 10.9. The van der Waals surface area contributed by atoms with Gasteiger partial charge in [0.05, 0.1) is 14.2 Å². The van der Waals surface area contributed by atoms with Crippen molar-refractivity contribution in [1.82, 2.24) is 10.3 Å². The molecule has 4 rings (SSSR count). The minimum absolute atomic E-state index is 0.0918. The van der Waals surface area contributed by atoms with Crippen molar-refractivity contribution in [1.29, 1.82) is 0 Å². The zero-order valence-corrected chi connectivity index (χ0v) is 19.4. The Labute approximate surface area is 193 Å². The molecule has 2 amide bonds. The van der Waals surface area contributed by atoms with E-state index in [0.717, 1.165) is 38.8 Å². The average Bonchev–Trinajstić information content (AvgIpc) is 3.25. The molecule has 0 saturated heterocycles. The van der Waals surface area contributed by atoms with Gasteiger partial charge in [0.15, 0.2) is 11.5 Å². The molecule has 0 unspecified atom stereocenters. The maximum atomic E-state index is 12.8. The number of hydrogen-bond acceptors (Lipinski definition) is 3. The summed E-state index contributed by atoms with van der Waals surface area (Å²) < 4.78 is 10.9. The smallest absolute Gasteiger partial charge is 0.319 e. The lowest BCUT2D eigenvalue weighted by Crippen LogP contribution is -2.33. The van der Waals surface area contributed by atoms with Crippen LogP contribution in [0.5, 0.6) is 11.5 Å². The molecule has 1 atom stereocenters. The number of H-pyrrole nitrogens is 1. The van der Waals surface area contributed by atoms with Gasteiger partial charge < -0.3 is 25.1 Å². The van der Waals surface area contributed by atoms with Crippen LogP contribution in [0.15, 0.2) is 66.9 Å². The highest BCUT2D eigenvalue weighted by molar-refractivity contribution is 5.90. The summed E-state index contributed by atoms with van der Waals surface area (Å²) in [5, 5.41) is 7.14. The third-order valence-electron chi connectivity index (χ3n) is 5.90. The predicted octanol–water partition coefficient (Wildman–Crippen LogP) is 5.76. The Morgan fingerprint density at radius 1 is 0.970 bits per heavy atom. The third kappa shape index (κ3) is 4.80. The number of nitrogens with one attached hydrogen (secondary N) is 3. The van der Waals surface area contributed by atoms with Crippen LogP contribution in [0.25, 0.3) is 10.9 Å². The standard InChI is InChI=1S/C27H29N3O3/c1-17-9-11-23(18(2)13-17)30-27(31)29-15-21(19-10-12-25(32-3)26(14-19)33-4)22-16-28-24-8-6-5-7-20(22)24/h5-14,16,21,28H,15H2,1-4H3,(H2,29,30,31)/t21-/m1/s1. The molecule has 0 aliphatic heterocycles. The second kappa shape index (κ2) is 9.69. The summed E-state index contributed by atoms with van der Waals surface area (Å²) in [6, 6.07) is 19.8. The summed E-state index contributed by atoms with van der Waals surface area (Å²) in [7, 11) is 3.24. The zero-order valence-electron chi connectivity index (χ0n) is 19.4. The van der Waals surface area contributed by atoms with Crippen LogP contribution in [0.1, 0.15) is 28.2 Å². The quantitative estimate of drug-likeness (QED) is 0.340. The van der Waals surface area contributed by atoms with Gasteiger partial charge in [-0.05, 0) is 54.8 Å². The van der Waals surface area contributed by atoms with E-state index in [4.69, 9.17) is 9.47 Å². The van der Waals surface area contributed by atoms with E-state index in [1.807, 2.05) is 74.6 Å². The first kappa shape index (κ1) is 22.3. The molecule has 0 aliphatic carbocycles. The van der Waals surface area contributed by atoms with Crippen molar-refractivity contribution in [3.63, 3.8) is 0 Å². The van der Waals surface area contributed by atoms with Gasteiger partial charge in [-0.25, -0.2) is 4.79 Å². The molecule has 4 aromatic rings. The molecule has 3 aromatic carbocycles. The molecule has 0 aliphatic rings.